The summed E-state index contributed by atoms with van der Waals surface area (Å²) >= 11 is 0. The molecule has 0 radical (unpaired) electrons. The molecule has 0 saturated carbocycles. The van der Waals surface area contributed by atoms with Gasteiger partial charge in [-0.15, -0.1) is 0 Å². The Kier molecular flexibility index (Phi) is 6.04. The maximum atomic E-state index is 12.2. The summed E-state index contributed by atoms with van der Waals surface area (Å²) < 4.78 is 23.3. The van der Waals surface area contributed by atoms with Gasteiger partial charge in [-0.2, -0.15) is 0 Å². The Hall–Kier alpha value is -2.09. The second-order valence-electron chi connectivity index (χ2n) is 7.31. The van der Waals surface area contributed by atoms with Crippen LogP contribution in [0.1, 0.15) is 32.6 Å². The molecule has 1 N–H and O–H groups in total. The minimum absolute atomic E-state index is 0.00778. The molecule has 1 atom stereocenters. The molecule has 2 fully saturated rings. The van der Waals surface area contributed by atoms with Gasteiger partial charge in [-0.1, -0.05) is 0 Å². The monoisotopic (exact) mass is 393 g/mol. The van der Waals surface area contributed by atoms with E-state index in [4.69, 9.17) is 0 Å². The number of carbonyl (C=O) groups excluding carboxylic acids is 2. The maximum Gasteiger partial charge on any atom is 0.226 e. The molecular formula is C19H27N3O4S. The van der Waals surface area contributed by atoms with Gasteiger partial charge in [0, 0.05) is 50.4 Å². The predicted octanol–water partition coefficient (Wildman–Crippen LogP) is 1.65. The lowest BCUT2D eigenvalue weighted by atomic mass is 10.2. The van der Waals surface area contributed by atoms with Crippen molar-refractivity contribution in [2.45, 2.75) is 38.6 Å². The molecule has 3 rings (SSSR count). The van der Waals surface area contributed by atoms with Crippen LogP contribution in [0.3, 0.4) is 0 Å². The highest BCUT2D eigenvalue weighted by molar-refractivity contribution is 7.91. The number of hydrogen-bond donors (Lipinski definition) is 1. The lowest BCUT2D eigenvalue weighted by Gasteiger charge is -2.26. The van der Waals surface area contributed by atoms with Crippen LogP contribution < -0.4 is 10.2 Å². The molecule has 0 aromatic heterocycles. The molecular weight excluding hydrogens is 366 g/mol. The van der Waals surface area contributed by atoms with Crippen molar-refractivity contribution in [1.82, 2.24) is 4.90 Å². The Morgan fingerprint density at radius 2 is 1.85 bits per heavy atom. The zero-order chi connectivity index (χ0) is 19.4. The summed E-state index contributed by atoms with van der Waals surface area (Å²) in [5.41, 5.74) is 1.89. The average molecular weight is 394 g/mol. The van der Waals surface area contributed by atoms with Gasteiger partial charge in [0.2, 0.25) is 11.8 Å². The van der Waals surface area contributed by atoms with Crippen LogP contribution >= 0.6 is 0 Å². The Morgan fingerprint density at radius 1 is 1.19 bits per heavy atom. The fourth-order valence-electron chi connectivity index (χ4n) is 3.79. The number of amides is 2. The first-order chi connectivity index (χ1) is 12.8. The molecule has 8 heteroatoms. The second-order valence-corrected chi connectivity index (χ2v) is 9.54. The molecule has 0 bridgehead atoms. The van der Waals surface area contributed by atoms with Crippen molar-refractivity contribution in [3.8, 4) is 0 Å². The number of sulfone groups is 1. The van der Waals surface area contributed by atoms with Crippen LogP contribution in [0.25, 0.3) is 0 Å². The molecule has 27 heavy (non-hydrogen) atoms. The summed E-state index contributed by atoms with van der Waals surface area (Å²) in [7, 11) is -3.07. The smallest absolute Gasteiger partial charge is 0.226 e. The molecule has 2 heterocycles. The van der Waals surface area contributed by atoms with Crippen molar-refractivity contribution in [3.05, 3.63) is 24.3 Å². The van der Waals surface area contributed by atoms with Crippen LogP contribution in [-0.4, -0.2) is 62.3 Å². The molecule has 1 aromatic carbocycles. The van der Waals surface area contributed by atoms with Crippen LogP contribution in [0.2, 0.25) is 0 Å². The first-order valence-corrected chi connectivity index (χ1v) is 11.3. The topological polar surface area (TPSA) is 86.8 Å². The van der Waals surface area contributed by atoms with Crippen LogP contribution in [-0.2, 0) is 19.4 Å². The van der Waals surface area contributed by atoms with Gasteiger partial charge in [0.05, 0.1) is 11.5 Å². The number of benzene rings is 1. The number of nitrogens with zero attached hydrogens (tertiary/aromatic N) is 2. The van der Waals surface area contributed by atoms with E-state index in [1.807, 2.05) is 24.3 Å². The van der Waals surface area contributed by atoms with E-state index < -0.39 is 9.84 Å². The van der Waals surface area contributed by atoms with Gasteiger partial charge in [-0.05, 0) is 43.5 Å². The highest BCUT2D eigenvalue weighted by Gasteiger charge is 2.33. The summed E-state index contributed by atoms with van der Waals surface area (Å²) in [5.74, 6) is -0.278. The number of hydrogen-bond acceptors (Lipinski definition) is 5. The summed E-state index contributed by atoms with van der Waals surface area (Å²) in [5, 5.41) is 2.85. The minimum atomic E-state index is -3.07. The van der Waals surface area contributed by atoms with Gasteiger partial charge >= 0.3 is 0 Å². The van der Waals surface area contributed by atoms with Crippen molar-refractivity contribution in [1.29, 1.82) is 0 Å². The molecule has 0 spiro atoms. The molecule has 148 valence electrons. The molecule has 2 aliphatic rings. The van der Waals surface area contributed by atoms with Crippen LogP contribution in [0.4, 0.5) is 11.4 Å². The molecule has 1 aromatic rings. The van der Waals surface area contributed by atoms with Gasteiger partial charge < -0.3 is 15.1 Å². The van der Waals surface area contributed by atoms with Gasteiger partial charge in [0.15, 0.2) is 9.84 Å². The van der Waals surface area contributed by atoms with Crippen molar-refractivity contribution >= 4 is 33.0 Å². The maximum absolute atomic E-state index is 12.2. The fourth-order valence-corrected chi connectivity index (χ4v) is 5.53. The summed E-state index contributed by atoms with van der Waals surface area (Å²) in [6.07, 6.45) is 3.02. The quantitative estimate of drug-likeness (QED) is 0.794. The third kappa shape index (κ3) is 5.22. The van der Waals surface area contributed by atoms with E-state index >= 15 is 0 Å². The summed E-state index contributed by atoms with van der Waals surface area (Å²) in [4.78, 5) is 28.0. The van der Waals surface area contributed by atoms with Gasteiger partial charge in [-0.25, -0.2) is 8.42 Å². The van der Waals surface area contributed by atoms with E-state index in [0.717, 1.165) is 24.5 Å². The Morgan fingerprint density at radius 3 is 2.41 bits per heavy atom. The Labute approximate surface area is 160 Å². The Balaban J connectivity index is 1.51. The molecule has 7 nitrogen and oxygen atoms in total. The lowest BCUT2D eigenvalue weighted by Crippen LogP contribution is -2.41. The first-order valence-electron chi connectivity index (χ1n) is 9.46. The Bertz CT molecular complexity index is 786. The largest absolute Gasteiger partial charge is 0.372 e. The van der Waals surface area contributed by atoms with E-state index in [1.165, 1.54) is 24.7 Å². The standard InChI is InChI=1S/C19H27N3O4S/c1-15(23)22(18-9-13-27(25,26)14-18)12-8-19(24)20-16-4-6-17(7-5-16)21-10-2-3-11-21/h4-7,18H,2-3,8-14H2,1H3,(H,20,24). The van der Waals surface area contributed by atoms with Crippen molar-refractivity contribution in [2.24, 2.45) is 0 Å². The summed E-state index contributed by atoms with van der Waals surface area (Å²) in [6, 6.07) is 7.47. The highest BCUT2D eigenvalue weighted by Crippen LogP contribution is 2.22. The highest BCUT2D eigenvalue weighted by atomic mass is 32.2. The van der Waals surface area contributed by atoms with Crippen molar-refractivity contribution in [3.63, 3.8) is 0 Å². The third-order valence-corrected chi connectivity index (χ3v) is 7.01. The minimum Gasteiger partial charge on any atom is -0.372 e. The molecule has 0 aliphatic carbocycles. The molecule has 2 aliphatic heterocycles. The second kappa shape index (κ2) is 8.29. The van der Waals surface area contributed by atoms with Gasteiger partial charge in [0.25, 0.3) is 0 Å². The van der Waals surface area contributed by atoms with Crippen molar-refractivity contribution < 1.29 is 18.0 Å². The van der Waals surface area contributed by atoms with E-state index in [-0.39, 0.29) is 42.3 Å². The van der Waals surface area contributed by atoms with Crippen LogP contribution in [0.15, 0.2) is 24.3 Å². The number of carbonyl (C=O) groups is 2. The number of nitrogens with one attached hydrogen (secondary N) is 1. The number of anilines is 2. The third-order valence-electron chi connectivity index (χ3n) is 5.26. The van der Waals surface area contributed by atoms with Crippen molar-refractivity contribution in [2.75, 3.05) is 41.4 Å². The lowest BCUT2D eigenvalue weighted by molar-refractivity contribution is -0.131. The fraction of sp³-hybridized carbons (Fsp3) is 0.579. The van der Waals surface area contributed by atoms with Crippen LogP contribution in [0, 0.1) is 0 Å². The number of rotatable bonds is 6. The van der Waals surface area contributed by atoms with Gasteiger partial charge in [0.1, 0.15) is 0 Å². The molecule has 2 amide bonds. The van der Waals surface area contributed by atoms with Crippen LogP contribution in [0.5, 0.6) is 0 Å². The SMILES string of the molecule is CC(=O)N(CCC(=O)Nc1ccc(N2CCCC2)cc1)C1CCS(=O)(=O)C1. The molecule has 1 unspecified atom stereocenters. The zero-order valence-electron chi connectivity index (χ0n) is 15.7. The van der Waals surface area contributed by atoms with E-state index in [9.17, 15) is 18.0 Å². The molecule has 2 saturated heterocycles. The average Bonchev–Trinajstić information content (AvgIpc) is 3.25. The predicted molar refractivity (Wildman–Crippen MR) is 106 cm³/mol. The summed E-state index contributed by atoms with van der Waals surface area (Å²) in [6.45, 7) is 3.79. The van der Waals surface area contributed by atoms with Gasteiger partial charge in [-0.3, -0.25) is 9.59 Å². The normalized spacial score (nSPS) is 21.2. The first kappa shape index (κ1) is 19.7. The van der Waals surface area contributed by atoms with E-state index in [0.29, 0.717) is 6.42 Å². The van der Waals surface area contributed by atoms with E-state index in [1.54, 1.807) is 0 Å². The van der Waals surface area contributed by atoms with E-state index in [2.05, 4.69) is 10.2 Å². The zero-order valence-corrected chi connectivity index (χ0v) is 16.5.